The highest BCUT2D eigenvalue weighted by atomic mass is 35.5. The third-order valence-corrected chi connectivity index (χ3v) is 3.27. The van der Waals surface area contributed by atoms with Crippen LogP contribution in [0.2, 0.25) is 5.15 Å². The standard InChI is InChI=1S/C11H13ClN4O/c1-6-3-4-8(17-6)11-15-14-10-5-9(12)13-7(2)16(10)11/h5-6,8H,3-4H2,1-2H3. The first kappa shape index (κ1) is 10.9. The van der Waals surface area contributed by atoms with Gasteiger partial charge in [0.25, 0.3) is 0 Å². The van der Waals surface area contributed by atoms with E-state index in [1.54, 1.807) is 6.07 Å². The molecule has 6 heteroatoms. The zero-order valence-electron chi connectivity index (χ0n) is 9.72. The van der Waals surface area contributed by atoms with Crippen molar-refractivity contribution in [3.8, 4) is 0 Å². The third kappa shape index (κ3) is 1.79. The van der Waals surface area contributed by atoms with Crippen molar-refractivity contribution in [3.63, 3.8) is 0 Å². The molecular formula is C11H13ClN4O. The summed E-state index contributed by atoms with van der Waals surface area (Å²) in [6.45, 7) is 3.97. The lowest BCUT2D eigenvalue weighted by Crippen LogP contribution is -2.07. The van der Waals surface area contributed by atoms with E-state index in [9.17, 15) is 0 Å². The van der Waals surface area contributed by atoms with Gasteiger partial charge in [0.1, 0.15) is 17.1 Å². The first-order chi connectivity index (χ1) is 8.15. The summed E-state index contributed by atoms with van der Waals surface area (Å²) in [5.41, 5.74) is 0.723. The maximum absolute atomic E-state index is 5.89. The summed E-state index contributed by atoms with van der Waals surface area (Å²) < 4.78 is 7.73. The van der Waals surface area contributed by atoms with Gasteiger partial charge in [0.2, 0.25) is 0 Å². The minimum Gasteiger partial charge on any atom is -0.367 e. The van der Waals surface area contributed by atoms with Crippen LogP contribution in [0.15, 0.2) is 6.07 Å². The number of ether oxygens (including phenoxy) is 1. The van der Waals surface area contributed by atoms with Crippen molar-refractivity contribution in [2.24, 2.45) is 0 Å². The smallest absolute Gasteiger partial charge is 0.168 e. The molecular weight excluding hydrogens is 240 g/mol. The quantitative estimate of drug-likeness (QED) is 0.731. The molecule has 0 radical (unpaired) electrons. The number of aryl methyl sites for hydroxylation is 1. The third-order valence-electron chi connectivity index (χ3n) is 3.07. The van der Waals surface area contributed by atoms with Gasteiger partial charge < -0.3 is 4.74 Å². The highest BCUT2D eigenvalue weighted by Crippen LogP contribution is 2.31. The Hall–Kier alpha value is -1.20. The van der Waals surface area contributed by atoms with E-state index in [-0.39, 0.29) is 12.2 Å². The molecule has 0 N–H and O–H groups in total. The first-order valence-electron chi connectivity index (χ1n) is 5.69. The van der Waals surface area contributed by atoms with Gasteiger partial charge in [0.05, 0.1) is 6.10 Å². The molecule has 2 aromatic rings. The molecule has 0 amide bonds. The SMILES string of the molecule is Cc1nc(Cl)cc2nnc(C3CCC(C)O3)n12. The minimum atomic E-state index is 0.0154. The van der Waals surface area contributed by atoms with Crippen LogP contribution in [0, 0.1) is 6.92 Å². The molecule has 0 bridgehead atoms. The number of rotatable bonds is 1. The molecule has 0 spiro atoms. The lowest BCUT2D eigenvalue weighted by atomic mass is 10.2. The zero-order valence-corrected chi connectivity index (χ0v) is 10.5. The van der Waals surface area contributed by atoms with E-state index in [1.165, 1.54) is 0 Å². The summed E-state index contributed by atoms with van der Waals surface area (Å²) in [7, 11) is 0. The summed E-state index contributed by atoms with van der Waals surface area (Å²) in [6.07, 6.45) is 2.33. The van der Waals surface area contributed by atoms with Crippen LogP contribution in [0.5, 0.6) is 0 Å². The van der Waals surface area contributed by atoms with Crippen molar-refractivity contribution < 1.29 is 4.74 Å². The van der Waals surface area contributed by atoms with Gasteiger partial charge in [-0.05, 0) is 26.7 Å². The van der Waals surface area contributed by atoms with E-state index >= 15 is 0 Å². The zero-order chi connectivity index (χ0) is 12.0. The Bertz CT molecular complexity index is 568. The van der Waals surface area contributed by atoms with Crippen LogP contribution < -0.4 is 0 Å². The Morgan fingerprint density at radius 1 is 1.41 bits per heavy atom. The molecule has 1 aliphatic heterocycles. The predicted octanol–water partition coefficient (Wildman–Crippen LogP) is 2.33. The normalized spacial score (nSPS) is 24.6. The van der Waals surface area contributed by atoms with Crippen molar-refractivity contribution in [3.05, 3.63) is 22.9 Å². The Kier molecular flexibility index (Phi) is 2.52. The van der Waals surface area contributed by atoms with Crippen LogP contribution in [0.1, 0.15) is 37.5 Å². The van der Waals surface area contributed by atoms with E-state index < -0.39 is 0 Å². The van der Waals surface area contributed by atoms with E-state index in [2.05, 4.69) is 22.1 Å². The highest BCUT2D eigenvalue weighted by Gasteiger charge is 2.28. The lowest BCUT2D eigenvalue weighted by Gasteiger charge is -2.10. The second-order valence-electron chi connectivity index (χ2n) is 4.39. The summed E-state index contributed by atoms with van der Waals surface area (Å²) in [5.74, 6) is 1.61. The van der Waals surface area contributed by atoms with Gasteiger partial charge in [0, 0.05) is 6.07 Å². The van der Waals surface area contributed by atoms with E-state index in [1.807, 2.05) is 11.3 Å². The van der Waals surface area contributed by atoms with E-state index in [0.717, 1.165) is 30.1 Å². The molecule has 3 rings (SSSR count). The van der Waals surface area contributed by atoms with Crippen molar-refractivity contribution >= 4 is 17.2 Å². The highest BCUT2D eigenvalue weighted by molar-refractivity contribution is 6.29. The van der Waals surface area contributed by atoms with Gasteiger partial charge >= 0.3 is 0 Å². The van der Waals surface area contributed by atoms with Crippen LogP contribution in [0.25, 0.3) is 5.65 Å². The summed E-state index contributed by atoms with van der Waals surface area (Å²) in [5, 5.41) is 8.76. The Balaban J connectivity index is 2.11. The first-order valence-corrected chi connectivity index (χ1v) is 6.06. The molecule has 0 aromatic carbocycles. The van der Waals surface area contributed by atoms with Gasteiger partial charge in [-0.2, -0.15) is 0 Å². The van der Waals surface area contributed by atoms with Crippen LogP contribution in [0.3, 0.4) is 0 Å². The fourth-order valence-electron chi connectivity index (χ4n) is 2.28. The van der Waals surface area contributed by atoms with Crippen LogP contribution in [-0.4, -0.2) is 25.7 Å². The average molecular weight is 253 g/mol. The minimum absolute atomic E-state index is 0.0154. The number of nitrogens with zero attached hydrogens (tertiary/aromatic N) is 4. The summed E-state index contributed by atoms with van der Waals surface area (Å²) >= 11 is 5.89. The van der Waals surface area contributed by atoms with Gasteiger partial charge in [0.15, 0.2) is 11.5 Å². The van der Waals surface area contributed by atoms with Crippen molar-refractivity contribution in [2.75, 3.05) is 0 Å². The fourth-order valence-corrected chi connectivity index (χ4v) is 2.50. The Morgan fingerprint density at radius 3 is 2.94 bits per heavy atom. The number of hydrogen-bond donors (Lipinski definition) is 0. The second kappa shape index (κ2) is 3.92. The molecule has 0 aliphatic carbocycles. The van der Waals surface area contributed by atoms with Gasteiger partial charge in [-0.3, -0.25) is 4.40 Å². The topological polar surface area (TPSA) is 52.3 Å². The number of halogens is 1. The Morgan fingerprint density at radius 2 is 2.24 bits per heavy atom. The Labute approximate surface area is 104 Å². The maximum Gasteiger partial charge on any atom is 0.168 e. The molecule has 2 aromatic heterocycles. The fraction of sp³-hybridized carbons (Fsp3) is 0.545. The molecule has 90 valence electrons. The van der Waals surface area contributed by atoms with Crippen LogP contribution >= 0.6 is 11.6 Å². The van der Waals surface area contributed by atoms with Crippen molar-refractivity contribution in [2.45, 2.75) is 38.9 Å². The predicted molar refractivity (Wildman–Crippen MR) is 63.1 cm³/mol. The molecule has 2 atom stereocenters. The van der Waals surface area contributed by atoms with Crippen LogP contribution in [0.4, 0.5) is 0 Å². The maximum atomic E-state index is 5.89. The molecule has 1 aliphatic rings. The lowest BCUT2D eigenvalue weighted by molar-refractivity contribution is 0.0495. The molecule has 17 heavy (non-hydrogen) atoms. The number of fused-ring (bicyclic) bond motifs is 1. The van der Waals surface area contributed by atoms with E-state index in [0.29, 0.717) is 5.15 Å². The summed E-state index contributed by atoms with van der Waals surface area (Å²) in [4.78, 5) is 4.22. The van der Waals surface area contributed by atoms with Crippen LogP contribution in [-0.2, 0) is 4.74 Å². The summed E-state index contributed by atoms with van der Waals surface area (Å²) in [6, 6.07) is 1.71. The molecule has 2 unspecified atom stereocenters. The monoisotopic (exact) mass is 252 g/mol. The average Bonchev–Trinajstić information content (AvgIpc) is 2.83. The van der Waals surface area contributed by atoms with Gasteiger partial charge in [-0.15, -0.1) is 10.2 Å². The molecule has 5 nitrogen and oxygen atoms in total. The number of aromatic nitrogens is 4. The van der Waals surface area contributed by atoms with Gasteiger partial charge in [-0.25, -0.2) is 4.98 Å². The van der Waals surface area contributed by atoms with E-state index in [4.69, 9.17) is 16.3 Å². The molecule has 0 saturated carbocycles. The molecule has 1 saturated heterocycles. The second-order valence-corrected chi connectivity index (χ2v) is 4.78. The number of hydrogen-bond acceptors (Lipinski definition) is 4. The largest absolute Gasteiger partial charge is 0.367 e. The van der Waals surface area contributed by atoms with Crippen molar-refractivity contribution in [1.29, 1.82) is 0 Å². The van der Waals surface area contributed by atoms with Gasteiger partial charge in [-0.1, -0.05) is 11.6 Å². The van der Waals surface area contributed by atoms with Crippen molar-refractivity contribution in [1.82, 2.24) is 19.6 Å². The molecule has 3 heterocycles. The molecule has 1 fully saturated rings.